The number of aryl methyl sites for hydroxylation is 1. The molecule has 0 bridgehead atoms. The van der Waals surface area contributed by atoms with E-state index in [2.05, 4.69) is 38.7 Å². The highest BCUT2D eigenvalue weighted by atomic mass is 16.5. The zero-order valence-corrected chi connectivity index (χ0v) is 14.3. The topological polar surface area (TPSA) is 29.5 Å². The van der Waals surface area contributed by atoms with Gasteiger partial charge in [-0.05, 0) is 39.4 Å². The number of benzene rings is 1. The van der Waals surface area contributed by atoms with E-state index in [1.165, 1.54) is 0 Å². The molecule has 0 heterocycles. The van der Waals surface area contributed by atoms with Crippen molar-refractivity contribution in [3.05, 3.63) is 29.3 Å². The molecule has 0 spiro atoms. The third-order valence-corrected chi connectivity index (χ3v) is 4.54. The zero-order valence-electron chi connectivity index (χ0n) is 14.3. The third kappa shape index (κ3) is 3.85. The number of hydrogen-bond donors (Lipinski definition) is 0. The van der Waals surface area contributed by atoms with E-state index in [0.717, 1.165) is 36.4 Å². The molecule has 0 saturated carbocycles. The molecule has 1 aromatic carbocycles. The van der Waals surface area contributed by atoms with Crippen molar-refractivity contribution in [1.82, 2.24) is 4.90 Å². The molecule has 0 aliphatic rings. The van der Waals surface area contributed by atoms with Crippen LogP contribution in [0.4, 0.5) is 0 Å². The summed E-state index contributed by atoms with van der Waals surface area (Å²) in [6, 6.07) is 6.00. The maximum atomic E-state index is 12.9. The molecular weight excluding hydrogens is 262 g/mol. The SMILES string of the molecule is CCN(CC)C(C)(CC)C(=O)Cc1cc(C)ccc1OC. The van der Waals surface area contributed by atoms with E-state index in [1.807, 2.05) is 19.1 Å². The first-order valence-electron chi connectivity index (χ1n) is 7.84. The van der Waals surface area contributed by atoms with Gasteiger partial charge in [0.25, 0.3) is 0 Å². The quantitative estimate of drug-likeness (QED) is 0.732. The van der Waals surface area contributed by atoms with E-state index in [9.17, 15) is 4.79 Å². The summed E-state index contributed by atoms with van der Waals surface area (Å²) in [6.07, 6.45) is 1.24. The number of Topliss-reactive ketones (excluding diaryl/α,β-unsaturated/α-hetero) is 1. The van der Waals surface area contributed by atoms with Crippen LogP contribution in [0.2, 0.25) is 0 Å². The lowest BCUT2D eigenvalue weighted by atomic mass is 9.86. The largest absolute Gasteiger partial charge is 0.496 e. The fourth-order valence-corrected chi connectivity index (χ4v) is 2.93. The van der Waals surface area contributed by atoms with Crippen LogP contribution in [0.1, 0.15) is 45.2 Å². The van der Waals surface area contributed by atoms with Crippen molar-refractivity contribution < 1.29 is 9.53 Å². The number of ketones is 1. The Hall–Kier alpha value is -1.35. The Morgan fingerprint density at radius 2 is 1.86 bits per heavy atom. The summed E-state index contributed by atoms with van der Waals surface area (Å²) in [4.78, 5) is 15.2. The summed E-state index contributed by atoms with van der Waals surface area (Å²) in [5, 5.41) is 0. The molecule has 0 aliphatic carbocycles. The minimum atomic E-state index is -0.405. The van der Waals surface area contributed by atoms with Gasteiger partial charge in [0.1, 0.15) is 5.75 Å². The zero-order chi connectivity index (χ0) is 16.0. The van der Waals surface area contributed by atoms with Crippen LogP contribution in [0.25, 0.3) is 0 Å². The fourth-order valence-electron chi connectivity index (χ4n) is 2.93. The third-order valence-electron chi connectivity index (χ3n) is 4.54. The molecule has 21 heavy (non-hydrogen) atoms. The van der Waals surface area contributed by atoms with E-state index in [-0.39, 0.29) is 5.78 Å². The van der Waals surface area contributed by atoms with E-state index in [4.69, 9.17) is 4.74 Å². The standard InChI is InChI=1S/C18H29NO2/c1-7-18(5,19(8-2)9-3)17(20)13-15-12-14(4)10-11-16(15)21-6/h10-12H,7-9,13H2,1-6H3. The molecule has 1 rings (SSSR count). The number of methoxy groups -OCH3 is 1. The van der Waals surface area contributed by atoms with Crippen molar-refractivity contribution in [2.75, 3.05) is 20.2 Å². The number of likely N-dealkylation sites (N-methyl/N-ethyl adjacent to an activating group) is 1. The summed E-state index contributed by atoms with van der Waals surface area (Å²) < 4.78 is 5.39. The van der Waals surface area contributed by atoms with Gasteiger partial charge in [-0.1, -0.05) is 38.5 Å². The van der Waals surface area contributed by atoms with Crippen molar-refractivity contribution >= 4 is 5.78 Å². The molecule has 0 amide bonds. The molecule has 0 fully saturated rings. The smallest absolute Gasteiger partial charge is 0.157 e. The van der Waals surface area contributed by atoms with E-state index >= 15 is 0 Å². The van der Waals surface area contributed by atoms with E-state index in [1.54, 1.807) is 7.11 Å². The summed E-state index contributed by atoms with van der Waals surface area (Å²) in [6.45, 7) is 12.2. The lowest BCUT2D eigenvalue weighted by molar-refractivity contribution is -0.129. The predicted octanol–water partition coefficient (Wildman–Crippen LogP) is 3.63. The monoisotopic (exact) mass is 291 g/mol. The highest BCUT2D eigenvalue weighted by molar-refractivity contribution is 5.90. The van der Waals surface area contributed by atoms with Crippen LogP contribution in [0.5, 0.6) is 5.75 Å². The molecule has 1 aromatic rings. The number of ether oxygens (including phenoxy) is 1. The molecule has 3 nitrogen and oxygen atoms in total. The maximum Gasteiger partial charge on any atom is 0.157 e. The fraction of sp³-hybridized carbons (Fsp3) is 0.611. The Kier molecular flexibility index (Phi) is 6.41. The van der Waals surface area contributed by atoms with Crippen molar-refractivity contribution in [3.8, 4) is 5.75 Å². The number of nitrogens with zero attached hydrogens (tertiary/aromatic N) is 1. The average molecular weight is 291 g/mol. The second kappa shape index (κ2) is 7.60. The Bertz CT molecular complexity index is 480. The minimum absolute atomic E-state index is 0.262. The molecule has 0 saturated heterocycles. The van der Waals surface area contributed by atoms with Crippen molar-refractivity contribution in [1.29, 1.82) is 0 Å². The van der Waals surface area contributed by atoms with Gasteiger partial charge < -0.3 is 4.74 Å². The van der Waals surface area contributed by atoms with Gasteiger partial charge in [0.05, 0.1) is 12.6 Å². The second-order valence-electron chi connectivity index (χ2n) is 5.71. The van der Waals surface area contributed by atoms with Crippen LogP contribution >= 0.6 is 0 Å². The second-order valence-corrected chi connectivity index (χ2v) is 5.71. The molecule has 1 atom stereocenters. The Labute approximate surface area is 129 Å². The Balaban J connectivity index is 3.05. The summed E-state index contributed by atoms with van der Waals surface area (Å²) in [5.74, 6) is 1.06. The molecule has 0 aliphatic heterocycles. The molecule has 3 heteroatoms. The lowest BCUT2D eigenvalue weighted by Crippen LogP contribution is -2.52. The van der Waals surface area contributed by atoms with Gasteiger partial charge in [-0.15, -0.1) is 0 Å². The summed E-state index contributed by atoms with van der Waals surface area (Å²) >= 11 is 0. The van der Waals surface area contributed by atoms with Gasteiger partial charge >= 0.3 is 0 Å². The maximum absolute atomic E-state index is 12.9. The van der Waals surface area contributed by atoms with Crippen molar-refractivity contribution in [2.45, 2.75) is 53.0 Å². The number of hydrogen-bond acceptors (Lipinski definition) is 3. The number of rotatable bonds is 8. The first-order chi connectivity index (χ1) is 9.92. The first kappa shape index (κ1) is 17.7. The Morgan fingerprint density at radius 3 is 2.33 bits per heavy atom. The van der Waals surface area contributed by atoms with Gasteiger partial charge in [0.2, 0.25) is 0 Å². The predicted molar refractivity (Wildman–Crippen MR) is 88.1 cm³/mol. The lowest BCUT2D eigenvalue weighted by Gasteiger charge is -2.38. The van der Waals surface area contributed by atoms with Crippen LogP contribution in [0.15, 0.2) is 18.2 Å². The number of carbonyl (C=O) groups excluding carboxylic acids is 1. The molecule has 0 radical (unpaired) electrons. The van der Waals surface area contributed by atoms with E-state index in [0.29, 0.717) is 6.42 Å². The van der Waals surface area contributed by atoms with Crippen LogP contribution < -0.4 is 4.74 Å². The molecule has 0 aromatic heterocycles. The van der Waals surface area contributed by atoms with Crippen molar-refractivity contribution in [3.63, 3.8) is 0 Å². The van der Waals surface area contributed by atoms with Crippen LogP contribution in [-0.4, -0.2) is 36.4 Å². The van der Waals surface area contributed by atoms with Crippen LogP contribution in [-0.2, 0) is 11.2 Å². The average Bonchev–Trinajstić information content (AvgIpc) is 2.48. The van der Waals surface area contributed by atoms with Gasteiger partial charge in [0, 0.05) is 12.0 Å². The van der Waals surface area contributed by atoms with Gasteiger partial charge in [-0.2, -0.15) is 0 Å². The Morgan fingerprint density at radius 1 is 1.24 bits per heavy atom. The molecule has 0 N–H and O–H groups in total. The van der Waals surface area contributed by atoms with Crippen molar-refractivity contribution in [2.24, 2.45) is 0 Å². The van der Waals surface area contributed by atoms with Crippen LogP contribution in [0, 0.1) is 6.92 Å². The van der Waals surface area contributed by atoms with Crippen LogP contribution in [0.3, 0.4) is 0 Å². The first-order valence-corrected chi connectivity index (χ1v) is 7.84. The van der Waals surface area contributed by atoms with Gasteiger partial charge in [-0.25, -0.2) is 0 Å². The molecular formula is C18H29NO2. The minimum Gasteiger partial charge on any atom is -0.496 e. The van der Waals surface area contributed by atoms with Gasteiger partial charge in [-0.3, -0.25) is 9.69 Å². The highest BCUT2D eigenvalue weighted by Gasteiger charge is 2.35. The molecule has 118 valence electrons. The van der Waals surface area contributed by atoms with Gasteiger partial charge in [0.15, 0.2) is 5.78 Å². The summed E-state index contributed by atoms with van der Waals surface area (Å²) in [5.41, 5.74) is 1.73. The molecule has 1 unspecified atom stereocenters. The van der Waals surface area contributed by atoms with E-state index < -0.39 is 5.54 Å². The summed E-state index contributed by atoms with van der Waals surface area (Å²) in [7, 11) is 1.65. The number of carbonyl (C=O) groups is 1. The highest BCUT2D eigenvalue weighted by Crippen LogP contribution is 2.26. The normalized spacial score (nSPS) is 14.0.